The van der Waals surface area contributed by atoms with Gasteiger partial charge in [-0.05, 0) is 38.2 Å². The maximum Gasteiger partial charge on any atom is 0.255 e. The van der Waals surface area contributed by atoms with E-state index in [-0.39, 0.29) is 24.0 Å². The number of allylic oxidation sites excluding steroid dienone is 4. The highest BCUT2D eigenvalue weighted by Crippen LogP contribution is 2.53. The minimum absolute atomic E-state index is 0.0304. The first-order valence-electron chi connectivity index (χ1n) is 8.58. The Kier molecular flexibility index (Phi) is 4.26. The molecule has 144 valence electrons. The first kappa shape index (κ1) is 18.9. The highest BCUT2D eigenvalue weighted by molar-refractivity contribution is 6.20. The van der Waals surface area contributed by atoms with Crippen LogP contribution in [0.5, 0.6) is 0 Å². The van der Waals surface area contributed by atoms with E-state index in [4.69, 9.17) is 5.73 Å². The van der Waals surface area contributed by atoms with Gasteiger partial charge in [0.1, 0.15) is 22.9 Å². The van der Waals surface area contributed by atoms with Crippen molar-refractivity contribution in [3.05, 3.63) is 45.6 Å². The van der Waals surface area contributed by atoms with Crippen molar-refractivity contribution >= 4 is 17.5 Å². The molecule has 3 aliphatic rings. The summed E-state index contributed by atoms with van der Waals surface area (Å²) in [7, 11) is 0. The monoisotopic (exact) mass is 375 g/mol. The summed E-state index contributed by atoms with van der Waals surface area (Å²) in [5.74, 6) is -5.95. The van der Waals surface area contributed by atoms with Gasteiger partial charge in [0, 0.05) is 17.9 Å². The van der Waals surface area contributed by atoms with Gasteiger partial charge in [-0.25, -0.2) is 0 Å². The summed E-state index contributed by atoms with van der Waals surface area (Å²) in [5, 5.41) is 42.9. The summed E-state index contributed by atoms with van der Waals surface area (Å²) < 4.78 is 0. The van der Waals surface area contributed by atoms with Crippen molar-refractivity contribution < 1.29 is 34.8 Å². The highest BCUT2D eigenvalue weighted by atomic mass is 16.4. The number of amides is 1. The topological polar surface area (TPSA) is 158 Å². The van der Waals surface area contributed by atoms with Gasteiger partial charge >= 0.3 is 0 Å². The summed E-state index contributed by atoms with van der Waals surface area (Å²) in [4.78, 5) is 35.7. The summed E-state index contributed by atoms with van der Waals surface area (Å²) >= 11 is 0. The Labute approximate surface area is 155 Å². The Morgan fingerprint density at radius 1 is 1.15 bits per heavy atom. The Hall–Kier alpha value is -2.87. The van der Waals surface area contributed by atoms with E-state index in [9.17, 15) is 34.8 Å². The number of Topliss-reactive ketones (excluding diaryl/α,β-unsaturated/α-hetero) is 2. The van der Waals surface area contributed by atoms with Gasteiger partial charge in [-0.1, -0.05) is 6.08 Å². The van der Waals surface area contributed by atoms with Crippen molar-refractivity contribution in [2.24, 2.45) is 17.6 Å². The summed E-state index contributed by atoms with van der Waals surface area (Å²) in [6.07, 6.45) is 1.88. The van der Waals surface area contributed by atoms with Gasteiger partial charge in [0.2, 0.25) is 0 Å². The Morgan fingerprint density at radius 2 is 1.78 bits per heavy atom. The van der Waals surface area contributed by atoms with E-state index in [1.54, 1.807) is 13.0 Å². The maximum absolute atomic E-state index is 12.2. The lowest BCUT2D eigenvalue weighted by atomic mass is 9.61. The molecule has 0 heterocycles. The van der Waals surface area contributed by atoms with Crippen LogP contribution in [-0.2, 0) is 14.4 Å². The molecule has 0 aliphatic heterocycles. The molecule has 0 fully saturated rings. The molecule has 0 radical (unpaired) electrons. The van der Waals surface area contributed by atoms with E-state index in [1.165, 1.54) is 6.92 Å². The molecular weight excluding hydrogens is 354 g/mol. The number of nitrogens with two attached hydrogens (primary N) is 1. The SMILES string of the molecule is C/C=C1/CC2CC3CC(=O)C(C(N)=O)=C(O)[C@@]3(O)C(O)=C2C(O)=C1C(C)=O. The van der Waals surface area contributed by atoms with Crippen LogP contribution in [0.2, 0.25) is 0 Å². The van der Waals surface area contributed by atoms with Crippen LogP contribution in [0.3, 0.4) is 0 Å². The van der Waals surface area contributed by atoms with Gasteiger partial charge in [-0.15, -0.1) is 0 Å². The third-order valence-electron chi connectivity index (χ3n) is 5.72. The number of rotatable bonds is 2. The molecule has 3 rings (SSSR count). The number of ketones is 2. The van der Waals surface area contributed by atoms with E-state index in [2.05, 4.69) is 0 Å². The van der Waals surface area contributed by atoms with Crippen molar-refractivity contribution in [2.45, 2.75) is 38.7 Å². The van der Waals surface area contributed by atoms with Crippen molar-refractivity contribution in [3.8, 4) is 0 Å². The number of aliphatic hydroxyl groups is 4. The first-order valence-corrected chi connectivity index (χ1v) is 8.58. The van der Waals surface area contributed by atoms with Crippen molar-refractivity contribution in [3.63, 3.8) is 0 Å². The molecule has 0 saturated carbocycles. The van der Waals surface area contributed by atoms with Crippen LogP contribution < -0.4 is 5.73 Å². The zero-order chi connectivity index (χ0) is 20.3. The number of carbonyl (C=O) groups excluding carboxylic acids is 3. The molecular formula is C19H21NO7. The van der Waals surface area contributed by atoms with E-state index in [1.807, 2.05) is 0 Å². The molecule has 27 heavy (non-hydrogen) atoms. The second kappa shape index (κ2) is 6.09. The quantitative estimate of drug-likeness (QED) is 0.453. The second-order valence-corrected chi connectivity index (χ2v) is 7.17. The molecule has 0 aromatic heterocycles. The third kappa shape index (κ3) is 2.43. The highest BCUT2D eigenvalue weighted by Gasteiger charge is 2.57. The Morgan fingerprint density at radius 3 is 2.30 bits per heavy atom. The van der Waals surface area contributed by atoms with Crippen LogP contribution in [0, 0.1) is 11.8 Å². The number of carbonyl (C=O) groups is 3. The fourth-order valence-electron chi connectivity index (χ4n) is 4.46. The predicted molar refractivity (Wildman–Crippen MR) is 93.4 cm³/mol. The average molecular weight is 375 g/mol. The molecule has 0 spiro atoms. The maximum atomic E-state index is 12.2. The molecule has 0 aromatic carbocycles. The molecule has 0 aromatic rings. The third-order valence-corrected chi connectivity index (χ3v) is 5.72. The number of primary amides is 1. The van der Waals surface area contributed by atoms with Gasteiger partial charge in [-0.2, -0.15) is 0 Å². The molecule has 8 nitrogen and oxygen atoms in total. The Balaban J connectivity index is 2.32. The zero-order valence-electron chi connectivity index (χ0n) is 14.9. The molecule has 0 saturated heterocycles. The number of fused-ring (bicyclic) bond motifs is 2. The first-order chi connectivity index (χ1) is 12.5. The van der Waals surface area contributed by atoms with E-state index < -0.39 is 57.8 Å². The predicted octanol–water partition coefficient (Wildman–Crippen LogP) is 1.19. The van der Waals surface area contributed by atoms with Gasteiger partial charge in [-0.3, -0.25) is 14.4 Å². The standard InChI is InChI=1S/C19H21NO7/c1-3-8-4-9-5-10-6-11(22)14(18(20)26)17(25)19(10,27)16(24)13(9)15(23)12(8)7(2)21/h3,9-10,23-25,27H,4-6H2,1-2H3,(H2,20,26)/b8-3-/t9?,10?,19-/m0/s1. The van der Waals surface area contributed by atoms with Crippen LogP contribution in [0.15, 0.2) is 45.6 Å². The van der Waals surface area contributed by atoms with Gasteiger partial charge in [0.15, 0.2) is 17.2 Å². The number of hydrogen-bond donors (Lipinski definition) is 5. The normalized spacial score (nSPS) is 32.6. The second-order valence-electron chi connectivity index (χ2n) is 7.17. The van der Waals surface area contributed by atoms with Gasteiger partial charge in [0.25, 0.3) is 5.91 Å². The fraction of sp³-hybridized carbons (Fsp3) is 0.421. The minimum atomic E-state index is -2.42. The van der Waals surface area contributed by atoms with Crippen LogP contribution >= 0.6 is 0 Å². The lowest BCUT2D eigenvalue weighted by molar-refractivity contribution is -0.128. The zero-order valence-corrected chi connectivity index (χ0v) is 14.9. The van der Waals surface area contributed by atoms with Crippen molar-refractivity contribution in [1.29, 1.82) is 0 Å². The molecule has 1 amide bonds. The summed E-state index contributed by atoms with van der Waals surface area (Å²) in [5.41, 5.74) is 2.52. The largest absolute Gasteiger partial charge is 0.508 e. The van der Waals surface area contributed by atoms with Crippen molar-refractivity contribution in [1.82, 2.24) is 0 Å². The minimum Gasteiger partial charge on any atom is -0.508 e. The molecule has 3 aliphatic carbocycles. The molecule has 2 unspecified atom stereocenters. The lowest BCUT2D eigenvalue weighted by Gasteiger charge is -2.46. The van der Waals surface area contributed by atoms with E-state index in [0.717, 1.165) is 0 Å². The molecule has 8 heteroatoms. The van der Waals surface area contributed by atoms with Gasteiger partial charge < -0.3 is 26.2 Å². The van der Waals surface area contributed by atoms with E-state index >= 15 is 0 Å². The number of aliphatic hydroxyl groups excluding tert-OH is 3. The smallest absolute Gasteiger partial charge is 0.255 e. The molecule has 0 bridgehead atoms. The van der Waals surface area contributed by atoms with Crippen LogP contribution in [0.25, 0.3) is 0 Å². The number of hydrogen-bond acceptors (Lipinski definition) is 7. The fourth-order valence-corrected chi connectivity index (χ4v) is 4.46. The van der Waals surface area contributed by atoms with Crippen LogP contribution in [0.4, 0.5) is 0 Å². The van der Waals surface area contributed by atoms with Crippen LogP contribution in [-0.4, -0.2) is 43.5 Å². The molecule has 3 atom stereocenters. The average Bonchev–Trinajstić information content (AvgIpc) is 2.56. The Bertz CT molecular complexity index is 905. The van der Waals surface area contributed by atoms with Gasteiger partial charge in [0.05, 0.1) is 5.57 Å². The van der Waals surface area contributed by atoms with E-state index in [0.29, 0.717) is 12.0 Å². The molecule has 6 N–H and O–H groups in total. The summed E-state index contributed by atoms with van der Waals surface area (Å²) in [6.45, 7) is 2.99. The lowest BCUT2D eigenvalue weighted by Crippen LogP contribution is -2.53. The van der Waals surface area contributed by atoms with Crippen LogP contribution in [0.1, 0.15) is 33.1 Å². The van der Waals surface area contributed by atoms with Crippen molar-refractivity contribution in [2.75, 3.05) is 0 Å². The summed E-state index contributed by atoms with van der Waals surface area (Å²) in [6, 6.07) is 0.